The summed E-state index contributed by atoms with van der Waals surface area (Å²) >= 11 is 0. The third-order valence-corrected chi connectivity index (χ3v) is 4.64. The van der Waals surface area contributed by atoms with Crippen molar-refractivity contribution in [2.24, 2.45) is 0 Å². The maximum Gasteiger partial charge on any atom is 0.254 e. The Morgan fingerprint density at radius 3 is 1.25 bits per heavy atom. The number of rotatable bonds is 16. The van der Waals surface area contributed by atoms with Gasteiger partial charge < -0.3 is 9.80 Å². The van der Waals surface area contributed by atoms with Crippen LogP contribution in [0.3, 0.4) is 0 Å². The average Bonchev–Trinajstić information content (AvgIpc) is 2.78. The van der Waals surface area contributed by atoms with E-state index in [9.17, 15) is 9.59 Å². The van der Waals surface area contributed by atoms with E-state index in [4.69, 9.17) is 0 Å². The van der Waals surface area contributed by atoms with E-state index < -0.39 is 0 Å². The minimum Gasteiger partial charge on any atom is -0.331 e. The van der Waals surface area contributed by atoms with Gasteiger partial charge in [0, 0.05) is 56.9 Å². The average molecular weight is 434 g/mol. The van der Waals surface area contributed by atoms with Crippen LogP contribution in [-0.2, 0) is 6.54 Å². The molecule has 5 nitrogen and oxygen atoms in total. The molecule has 2 amide bonds. The van der Waals surface area contributed by atoms with Gasteiger partial charge in [-0.15, -0.1) is 39.5 Å². The molecular weight excluding hydrogens is 398 g/mol. The number of nitrogens with zero attached hydrogens (tertiary/aromatic N) is 3. The molecule has 170 valence electrons. The van der Waals surface area contributed by atoms with E-state index in [2.05, 4.69) is 44.4 Å². The lowest BCUT2D eigenvalue weighted by molar-refractivity contribution is 0.0789. The fraction of sp³-hybridized carbons (Fsp3) is 0.259. The molecule has 0 saturated heterocycles. The zero-order valence-corrected chi connectivity index (χ0v) is 19.0. The Morgan fingerprint density at radius 1 is 0.594 bits per heavy atom. The van der Waals surface area contributed by atoms with E-state index in [1.807, 2.05) is 24.3 Å². The number of hydrogen-bond acceptors (Lipinski definition) is 3. The highest BCUT2D eigenvalue weighted by molar-refractivity contribution is 6.00. The van der Waals surface area contributed by atoms with Crippen molar-refractivity contribution in [3.8, 4) is 0 Å². The number of benzene rings is 1. The van der Waals surface area contributed by atoms with E-state index in [-0.39, 0.29) is 11.8 Å². The normalized spacial score (nSPS) is 10.2. The quantitative estimate of drug-likeness (QED) is 0.361. The van der Waals surface area contributed by atoms with Crippen LogP contribution in [0.2, 0.25) is 0 Å². The van der Waals surface area contributed by atoms with Crippen LogP contribution in [0.25, 0.3) is 0 Å². The summed E-state index contributed by atoms with van der Waals surface area (Å²) in [5, 5.41) is 0. The van der Waals surface area contributed by atoms with Gasteiger partial charge in [-0.05, 0) is 23.8 Å². The molecule has 0 N–H and O–H groups in total. The number of carbonyl (C=O) groups excluding carboxylic acids is 2. The summed E-state index contributed by atoms with van der Waals surface area (Å²) in [4.78, 5) is 31.9. The van der Waals surface area contributed by atoms with Crippen LogP contribution in [0.5, 0.6) is 0 Å². The summed E-state index contributed by atoms with van der Waals surface area (Å²) in [5.74, 6) is -0.364. The van der Waals surface area contributed by atoms with Gasteiger partial charge in [0.25, 0.3) is 11.8 Å². The topological polar surface area (TPSA) is 43.9 Å². The van der Waals surface area contributed by atoms with Crippen molar-refractivity contribution in [2.75, 3.05) is 39.3 Å². The summed E-state index contributed by atoms with van der Waals surface area (Å²) < 4.78 is 0. The van der Waals surface area contributed by atoms with Crippen LogP contribution in [0.4, 0.5) is 0 Å². The second-order valence-electron chi connectivity index (χ2n) is 7.27. The zero-order chi connectivity index (χ0) is 23.9. The van der Waals surface area contributed by atoms with Crippen molar-refractivity contribution < 1.29 is 9.59 Å². The monoisotopic (exact) mass is 433 g/mol. The van der Waals surface area contributed by atoms with E-state index in [1.165, 1.54) is 0 Å². The Bertz CT molecular complexity index is 772. The van der Waals surface area contributed by atoms with E-state index in [1.54, 1.807) is 40.2 Å². The van der Waals surface area contributed by atoms with Crippen molar-refractivity contribution in [1.82, 2.24) is 14.7 Å². The molecular formula is C27H35N3O2. The van der Waals surface area contributed by atoms with Crippen molar-refractivity contribution >= 4 is 11.8 Å². The lowest BCUT2D eigenvalue weighted by atomic mass is 10.0. The molecule has 0 aromatic heterocycles. The zero-order valence-electron chi connectivity index (χ0n) is 19.0. The number of carbonyl (C=O) groups is 2. The Labute approximate surface area is 193 Å². The molecule has 0 aliphatic heterocycles. The highest BCUT2D eigenvalue weighted by Gasteiger charge is 2.20. The Morgan fingerprint density at radius 2 is 0.938 bits per heavy atom. The Kier molecular flexibility index (Phi) is 12.1. The van der Waals surface area contributed by atoms with Gasteiger partial charge in [-0.25, -0.2) is 0 Å². The van der Waals surface area contributed by atoms with Crippen molar-refractivity contribution in [3.63, 3.8) is 0 Å². The summed E-state index contributed by atoms with van der Waals surface area (Å²) in [6, 6.07) is 5.32. The molecule has 0 radical (unpaired) electrons. The first-order valence-electron chi connectivity index (χ1n) is 10.6. The van der Waals surface area contributed by atoms with Crippen LogP contribution in [0.15, 0.2) is 94.1 Å². The van der Waals surface area contributed by atoms with Gasteiger partial charge in [-0.3, -0.25) is 14.5 Å². The molecule has 1 aromatic carbocycles. The van der Waals surface area contributed by atoms with Crippen LogP contribution in [0.1, 0.15) is 26.3 Å². The minimum atomic E-state index is -0.182. The second kappa shape index (κ2) is 14.5. The van der Waals surface area contributed by atoms with E-state index >= 15 is 0 Å². The van der Waals surface area contributed by atoms with E-state index in [0.717, 1.165) is 5.56 Å². The summed E-state index contributed by atoms with van der Waals surface area (Å²) in [6.07, 6.45) is 10.3. The molecule has 0 unspecified atom stereocenters. The van der Waals surface area contributed by atoms with Gasteiger partial charge in [-0.2, -0.15) is 0 Å². The largest absolute Gasteiger partial charge is 0.331 e. The summed E-state index contributed by atoms with van der Waals surface area (Å²) in [7, 11) is 0. The van der Waals surface area contributed by atoms with Crippen molar-refractivity contribution in [2.45, 2.75) is 6.54 Å². The smallest absolute Gasteiger partial charge is 0.254 e. The van der Waals surface area contributed by atoms with Gasteiger partial charge >= 0.3 is 0 Å². The van der Waals surface area contributed by atoms with Gasteiger partial charge in [0.15, 0.2) is 0 Å². The third-order valence-electron chi connectivity index (χ3n) is 4.64. The standard InChI is InChI=1S/C27H35N3O2/c1-7-13-28(14-8-2)22-23-19-24(26(31)29(15-9-3)16-10-4)21-25(20-23)27(32)30(17-11-5)18-12-6/h7-12,19-21H,1-6,13-18,22H2. The predicted octanol–water partition coefficient (Wildman–Crippen LogP) is 4.49. The van der Waals surface area contributed by atoms with E-state index in [0.29, 0.717) is 56.9 Å². The molecule has 0 bridgehead atoms. The molecule has 0 atom stereocenters. The number of hydrogen-bond donors (Lipinski definition) is 0. The highest BCUT2D eigenvalue weighted by Crippen LogP contribution is 2.17. The molecule has 0 heterocycles. The minimum absolute atomic E-state index is 0.182. The Balaban J connectivity index is 3.48. The van der Waals surface area contributed by atoms with Crippen LogP contribution >= 0.6 is 0 Å². The van der Waals surface area contributed by atoms with Gasteiger partial charge in [0.1, 0.15) is 0 Å². The van der Waals surface area contributed by atoms with Crippen LogP contribution < -0.4 is 0 Å². The lowest BCUT2D eigenvalue weighted by Gasteiger charge is -2.24. The molecule has 1 rings (SSSR count). The summed E-state index contributed by atoms with van der Waals surface area (Å²) in [5.41, 5.74) is 1.75. The first-order valence-corrected chi connectivity index (χ1v) is 10.6. The lowest BCUT2D eigenvalue weighted by Crippen LogP contribution is -2.33. The number of amides is 2. The maximum absolute atomic E-state index is 13.2. The molecule has 1 aromatic rings. The molecule has 0 aliphatic carbocycles. The predicted molar refractivity (Wildman–Crippen MR) is 135 cm³/mol. The van der Waals surface area contributed by atoms with Gasteiger partial charge in [-0.1, -0.05) is 36.5 Å². The molecule has 32 heavy (non-hydrogen) atoms. The second-order valence-corrected chi connectivity index (χ2v) is 7.27. The summed E-state index contributed by atoms with van der Waals surface area (Å²) in [6.45, 7) is 26.0. The fourth-order valence-electron chi connectivity index (χ4n) is 3.33. The molecule has 0 saturated carbocycles. The Hall–Kier alpha value is -3.44. The van der Waals surface area contributed by atoms with Crippen LogP contribution in [-0.4, -0.2) is 65.8 Å². The van der Waals surface area contributed by atoms with Crippen LogP contribution in [0, 0.1) is 0 Å². The van der Waals surface area contributed by atoms with Crippen molar-refractivity contribution in [3.05, 3.63) is 111 Å². The molecule has 0 fully saturated rings. The highest BCUT2D eigenvalue weighted by atomic mass is 16.2. The molecule has 0 spiro atoms. The molecule has 0 aliphatic rings. The maximum atomic E-state index is 13.2. The molecule has 5 heteroatoms. The SMILES string of the molecule is C=CCN(CC=C)Cc1cc(C(=O)N(CC=C)CC=C)cc(C(=O)N(CC=C)CC=C)c1. The van der Waals surface area contributed by atoms with Crippen molar-refractivity contribution in [1.29, 1.82) is 0 Å². The fourth-order valence-corrected chi connectivity index (χ4v) is 3.33. The first kappa shape index (κ1) is 26.6. The third kappa shape index (κ3) is 8.00. The van der Waals surface area contributed by atoms with Gasteiger partial charge in [0.05, 0.1) is 0 Å². The van der Waals surface area contributed by atoms with Gasteiger partial charge in [0.2, 0.25) is 0 Å². The first-order chi connectivity index (χ1) is 15.4.